The summed E-state index contributed by atoms with van der Waals surface area (Å²) >= 11 is 1.22. The molecule has 3 aromatic carbocycles. The zero-order valence-electron chi connectivity index (χ0n) is 21.6. The van der Waals surface area contributed by atoms with Gasteiger partial charge in [0.05, 0.1) is 39.9 Å². The number of nitrogens with one attached hydrogen (secondary N) is 2. The van der Waals surface area contributed by atoms with Crippen molar-refractivity contribution in [3.05, 3.63) is 71.8 Å². The van der Waals surface area contributed by atoms with Crippen molar-refractivity contribution in [2.45, 2.75) is 0 Å². The van der Waals surface area contributed by atoms with Crippen LogP contribution >= 0.6 is 11.8 Å². The summed E-state index contributed by atoms with van der Waals surface area (Å²) in [7, 11) is 5.97. The molecule has 0 spiro atoms. The number of carbonyl (C=O) groups is 3. The maximum Gasteiger partial charge on any atom is 0.270 e. The highest BCUT2D eigenvalue weighted by molar-refractivity contribution is 8.15. The molecule has 0 aliphatic carbocycles. The molecule has 1 saturated heterocycles. The van der Waals surface area contributed by atoms with Crippen LogP contribution in [0.5, 0.6) is 23.0 Å². The fourth-order valence-corrected chi connectivity index (χ4v) is 4.44. The first-order chi connectivity index (χ1) is 18.9. The number of hydrogen-bond acceptors (Lipinski definition) is 9. The van der Waals surface area contributed by atoms with Crippen LogP contribution in [0.1, 0.15) is 20.7 Å². The summed E-state index contributed by atoms with van der Waals surface area (Å²) in [6, 6.07) is 16.3. The maximum absolute atomic E-state index is 12.9. The van der Waals surface area contributed by atoms with E-state index < -0.39 is 11.8 Å². The normalized spacial score (nSPS) is 13.7. The quantitative estimate of drug-likeness (QED) is 0.411. The van der Waals surface area contributed by atoms with E-state index in [2.05, 4.69) is 15.7 Å². The molecule has 39 heavy (non-hydrogen) atoms. The summed E-state index contributed by atoms with van der Waals surface area (Å²) in [4.78, 5) is 42.6. The highest BCUT2D eigenvalue weighted by Crippen LogP contribution is 2.38. The molecule has 0 bridgehead atoms. The van der Waals surface area contributed by atoms with Crippen molar-refractivity contribution in [1.29, 1.82) is 0 Å². The minimum absolute atomic E-state index is 0.154. The summed E-state index contributed by atoms with van der Waals surface area (Å²) in [5.74, 6) is 0.691. The van der Waals surface area contributed by atoms with Gasteiger partial charge in [-0.15, -0.1) is 0 Å². The van der Waals surface area contributed by atoms with Crippen molar-refractivity contribution in [3.63, 3.8) is 0 Å². The Kier molecular flexibility index (Phi) is 8.56. The molecule has 2 N–H and O–H groups in total. The van der Waals surface area contributed by atoms with Gasteiger partial charge in [0, 0.05) is 16.8 Å². The van der Waals surface area contributed by atoms with Crippen molar-refractivity contribution in [2.24, 2.45) is 4.99 Å². The molecule has 11 nitrogen and oxygen atoms in total. The predicted octanol–water partition coefficient (Wildman–Crippen LogP) is 3.88. The highest BCUT2D eigenvalue weighted by atomic mass is 32.2. The first-order valence-electron chi connectivity index (χ1n) is 11.6. The summed E-state index contributed by atoms with van der Waals surface area (Å²) in [6.45, 7) is 0. The Hall–Kier alpha value is -4.71. The molecule has 12 heteroatoms. The van der Waals surface area contributed by atoms with Gasteiger partial charge in [0.15, 0.2) is 16.7 Å². The molecule has 0 saturated carbocycles. The maximum atomic E-state index is 12.9. The van der Waals surface area contributed by atoms with Gasteiger partial charge in [0.2, 0.25) is 5.75 Å². The van der Waals surface area contributed by atoms with Gasteiger partial charge in [-0.2, -0.15) is 5.01 Å². The van der Waals surface area contributed by atoms with Crippen molar-refractivity contribution in [2.75, 3.05) is 39.5 Å². The van der Waals surface area contributed by atoms with E-state index >= 15 is 0 Å². The Morgan fingerprint density at radius 3 is 2.03 bits per heavy atom. The van der Waals surface area contributed by atoms with Gasteiger partial charge in [-0.1, -0.05) is 11.8 Å². The number of rotatable bonds is 9. The number of hydrogen-bond donors (Lipinski definition) is 2. The number of aliphatic imine (C=N–C) groups is 1. The number of methoxy groups -OCH3 is 4. The van der Waals surface area contributed by atoms with Gasteiger partial charge in [0.25, 0.3) is 17.7 Å². The number of nitrogens with zero attached hydrogens (tertiary/aromatic N) is 2. The van der Waals surface area contributed by atoms with Crippen LogP contribution in [-0.2, 0) is 4.79 Å². The third-order valence-electron chi connectivity index (χ3n) is 5.61. The number of hydrazine groups is 1. The Balaban J connectivity index is 1.44. The second-order valence-electron chi connectivity index (χ2n) is 8.00. The number of thioether (sulfide) groups is 1. The lowest BCUT2D eigenvalue weighted by atomic mass is 10.1. The zero-order valence-corrected chi connectivity index (χ0v) is 22.5. The van der Waals surface area contributed by atoms with E-state index in [1.54, 1.807) is 43.5 Å². The Morgan fingerprint density at radius 1 is 0.821 bits per heavy atom. The van der Waals surface area contributed by atoms with E-state index in [1.807, 2.05) is 0 Å². The monoisotopic (exact) mass is 550 g/mol. The molecule has 1 aliphatic heterocycles. The molecule has 0 radical (unpaired) electrons. The van der Waals surface area contributed by atoms with Crippen LogP contribution < -0.4 is 29.7 Å². The van der Waals surface area contributed by atoms with Crippen molar-refractivity contribution >= 4 is 46.0 Å². The van der Waals surface area contributed by atoms with Crippen molar-refractivity contribution < 1.29 is 33.3 Å². The number of benzene rings is 3. The molecular formula is C27H26N4O7S. The van der Waals surface area contributed by atoms with Crippen LogP contribution in [0.25, 0.3) is 0 Å². The van der Waals surface area contributed by atoms with Crippen LogP contribution in [-0.4, -0.2) is 62.1 Å². The van der Waals surface area contributed by atoms with Crippen LogP contribution in [0.3, 0.4) is 0 Å². The summed E-state index contributed by atoms with van der Waals surface area (Å²) in [5, 5.41) is 4.26. The molecule has 3 aromatic rings. The number of amides is 3. The van der Waals surface area contributed by atoms with Crippen LogP contribution in [0.2, 0.25) is 0 Å². The van der Waals surface area contributed by atoms with E-state index in [0.29, 0.717) is 45.1 Å². The highest BCUT2D eigenvalue weighted by Gasteiger charge is 2.30. The third kappa shape index (κ3) is 6.24. The fourth-order valence-electron chi connectivity index (χ4n) is 3.61. The number of amidine groups is 1. The fraction of sp³-hybridized carbons (Fsp3) is 0.185. The molecule has 1 heterocycles. The van der Waals surface area contributed by atoms with E-state index in [1.165, 1.54) is 57.4 Å². The summed E-state index contributed by atoms with van der Waals surface area (Å²) in [5.41, 5.74) is 4.25. The second kappa shape index (κ2) is 12.2. The molecule has 0 atom stereocenters. The molecule has 0 unspecified atom stereocenters. The van der Waals surface area contributed by atoms with Gasteiger partial charge in [-0.05, 0) is 60.7 Å². The van der Waals surface area contributed by atoms with Crippen LogP contribution in [0, 0.1) is 0 Å². The lowest BCUT2D eigenvalue weighted by Gasteiger charge is -2.17. The largest absolute Gasteiger partial charge is 0.497 e. The molecule has 1 aliphatic rings. The Morgan fingerprint density at radius 2 is 1.46 bits per heavy atom. The molecule has 0 aromatic heterocycles. The minimum atomic E-state index is -0.504. The smallest absolute Gasteiger partial charge is 0.270 e. The third-order valence-corrected chi connectivity index (χ3v) is 6.53. The van der Waals surface area contributed by atoms with Gasteiger partial charge in [-0.25, -0.2) is 4.99 Å². The topological polar surface area (TPSA) is 128 Å². The van der Waals surface area contributed by atoms with Gasteiger partial charge >= 0.3 is 0 Å². The van der Waals surface area contributed by atoms with Gasteiger partial charge in [0.1, 0.15) is 5.75 Å². The average Bonchev–Trinajstić information content (AvgIpc) is 3.30. The minimum Gasteiger partial charge on any atom is -0.497 e. The first kappa shape index (κ1) is 27.3. The number of anilines is 1. The number of ether oxygens (including phenoxy) is 4. The van der Waals surface area contributed by atoms with Crippen LogP contribution in [0.15, 0.2) is 65.7 Å². The molecule has 1 fully saturated rings. The van der Waals surface area contributed by atoms with Gasteiger partial charge in [-0.3, -0.25) is 19.8 Å². The van der Waals surface area contributed by atoms with E-state index in [9.17, 15) is 14.4 Å². The Labute approximate surface area is 229 Å². The molecule has 3 amide bonds. The predicted molar refractivity (Wildman–Crippen MR) is 147 cm³/mol. The van der Waals surface area contributed by atoms with E-state index in [4.69, 9.17) is 18.9 Å². The molecule has 4 rings (SSSR count). The van der Waals surface area contributed by atoms with Crippen molar-refractivity contribution in [1.82, 2.24) is 10.4 Å². The molecular weight excluding hydrogens is 524 g/mol. The van der Waals surface area contributed by atoms with E-state index in [0.717, 1.165) is 5.01 Å². The first-order valence-corrected chi connectivity index (χ1v) is 12.6. The molecule has 202 valence electrons. The Bertz CT molecular complexity index is 1380. The SMILES string of the molecule is COc1ccc(N=C2SCC(=O)N2NC(=O)c2ccc(NC(=O)c3cc(OC)c(OC)c(OC)c3)cc2)cc1. The average molecular weight is 551 g/mol. The standard InChI is InChI=1S/C27H26N4O7S/c1-35-20-11-9-19(10-12-20)29-27-31(23(32)15-39-27)30-26(34)16-5-7-18(8-6-16)28-25(33)17-13-21(36-2)24(38-4)22(14-17)37-3/h5-14H,15H2,1-4H3,(H,28,33)(H,30,34). The van der Waals surface area contributed by atoms with Gasteiger partial charge < -0.3 is 24.3 Å². The van der Waals surface area contributed by atoms with Crippen molar-refractivity contribution in [3.8, 4) is 23.0 Å². The summed E-state index contributed by atoms with van der Waals surface area (Å²) < 4.78 is 21.0. The number of carbonyl (C=O) groups excluding carboxylic acids is 3. The lowest BCUT2D eigenvalue weighted by molar-refractivity contribution is -0.125. The summed E-state index contributed by atoms with van der Waals surface area (Å²) in [6.07, 6.45) is 0. The second-order valence-corrected chi connectivity index (χ2v) is 8.94. The van der Waals surface area contributed by atoms with E-state index in [-0.39, 0.29) is 17.2 Å². The van der Waals surface area contributed by atoms with Crippen LogP contribution in [0.4, 0.5) is 11.4 Å². The lowest BCUT2D eigenvalue weighted by Crippen LogP contribution is -2.45. The zero-order chi connectivity index (χ0) is 27.9.